The van der Waals surface area contributed by atoms with Crippen LogP contribution in [0.4, 0.5) is 11.4 Å². The van der Waals surface area contributed by atoms with Gasteiger partial charge in [-0.25, -0.2) is 13.2 Å². The second-order valence-electron chi connectivity index (χ2n) is 11.7. The van der Waals surface area contributed by atoms with E-state index in [2.05, 4.69) is 15.4 Å². The van der Waals surface area contributed by atoms with E-state index in [0.717, 1.165) is 5.56 Å². The number of anilines is 2. The summed E-state index contributed by atoms with van der Waals surface area (Å²) in [7, 11) is -0.965. The number of hydrogen-bond donors (Lipinski definition) is 4. The Morgan fingerprint density at radius 1 is 0.824 bits per heavy atom. The Bertz CT molecular complexity index is 1910. The highest BCUT2D eigenvalue weighted by Gasteiger charge is 2.25. The minimum atomic E-state index is -3.75. The molecule has 0 aliphatic rings. The van der Waals surface area contributed by atoms with E-state index in [1.807, 2.05) is 43.3 Å². The normalized spacial score (nSPS) is 12.3. The number of ether oxygens (including phenoxy) is 2. The van der Waals surface area contributed by atoms with Gasteiger partial charge in [0.05, 0.1) is 43.4 Å². The molecule has 0 saturated heterocycles. The van der Waals surface area contributed by atoms with E-state index < -0.39 is 40.0 Å². The Morgan fingerprint density at radius 3 is 2.12 bits per heavy atom. The number of hydrogen-bond acceptors (Lipinski definition) is 9. The molecule has 51 heavy (non-hydrogen) atoms. The predicted molar refractivity (Wildman–Crippen MR) is 197 cm³/mol. The molecule has 0 fully saturated rings. The van der Waals surface area contributed by atoms with Crippen LogP contribution in [0, 0.1) is 0 Å². The van der Waals surface area contributed by atoms with Crippen LogP contribution in [0.15, 0.2) is 97.1 Å². The Balaban J connectivity index is 1.60. The molecule has 0 spiro atoms. The molecule has 13 heteroatoms. The van der Waals surface area contributed by atoms with Crippen LogP contribution in [0.25, 0.3) is 0 Å². The highest BCUT2D eigenvalue weighted by molar-refractivity contribution is 7.92. The number of carbonyl (C=O) groups excluding carboxylic acids is 3. The van der Waals surface area contributed by atoms with Crippen molar-refractivity contribution in [3.05, 3.63) is 125 Å². The van der Waals surface area contributed by atoms with Crippen LogP contribution in [0.5, 0.6) is 5.75 Å². The maximum Gasteiger partial charge on any atom is 0.337 e. The second-order valence-corrected chi connectivity index (χ2v) is 13.7. The third kappa shape index (κ3) is 10.9. The molecule has 2 atom stereocenters. The van der Waals surface area contributed by atoms with Gasteiger partial charge in [-0.15, -0.1) is 0 Å². The SMILES string of the molecule is CCN(C(=O)c1cc(NS(=O)(=O)CC)cc(C(=O)NC(Cc2ccccc2)C(O)CNCc2cc(OC)cc(C(=O)OC)c2)c1)c1ccccc1. The number of nitrogens with one attached hydrogen (secondary N) is 3. The van der Waals surface area contributed by atoms with Gasteiger partial charge in [-0.3, -0.25) is 14.3 Å². The van der Waals surface area contributed by atoms with Crippen molar-refractivity contribution in [2.45, 2.75) is 39.0 Å². The van der Waals surface area contributed by atoms with Crippen LogP contribution in [-0.4, -0.2) is 76.5 Å². The maximum absolute atomic E-state index is 13.9. The summed E-state index contributed by atoms with van der Waals surface area (Å²) in [6.45, 7) is 3.95. The molecule has 0 radical (unpaired) electrons. The van der Waals surface area contributed by atoms with Gasteiger partial charge in [-0.05, 0) is 79.9 Å². The average molecular weight is 717 g/mol. The molecule has 0 bridgehead atoms. The molecular formula is C38H44N4O8S. The lowest BCUT2D eigenvalue weighted by Gasteiger charge is -2.25. The number of sulfonamides is 1. The molecule has 0 heterocycles. The van der Waals surface area contributed by atoms with E-state index in [9.17, 15) is 27.9 Å². The first-order valence-electron chi connectivity index (χ1n) is 16.5. The number of nitrogens with zero attached hydrogens (tertiary/aromatic N) is 1. The molecule has 270 valence electrons. The molecule has 4 aromatic carbocycles. The van der Waals surface area contributed by atoms with Crippen LogP contribution < -0.4 is 25.0 Å². The van der Waals surface area contributed by atoms with E-state index in [0.29, 0.717) is 29.1 Å². The zero-order valence-electron chi connectivity index (χ0n) is 29.1. The molecule has 0 saturated carbocycles. The number of carbonyl (C=O) groups is 3. The summed E-state index contributed by atoms with van der Waals surface area (Å²) in [4.78, 5) is 41.4. The van der Waals surface area contributed by atoms with Gasteiger partial charge in [-0.1, -0.05) is 48.5 Å². The van der Waals surface area contributed by atoms with E-state index in [1.54, 1.807) is 42.5 Å². The van der Waals surface area contributed by atoms with Gasteiger partial charge < -0.3 is 30.1 Å². The summed E-state index contributed by atoms with van der Waals surface area (Å²) >= 11 is 0. The maximum atomic E-state index is 13.9. The van der Waals surface area contributed by atoms with Crippen molar-refractivity contribution in [2.24, 2.45) is 0 Å². The smallest absolute Gasteiger partial charge is 0.337 e. The number of benzene rings is 4. The number of aliphatic hydroxyl groups is 1. The quantitative estimate of drug-likeness (QED) is 0.116. The average Bonchev–Trinajstić information content (AvgIpc) is 3.14. The van der Waals surface area contributed by atoms with Gasteiger partial charge in [0.2, 0.25) is 10.0 Å². The fourth-order valence-electron chi connectivity index (χ4n) is 5.43. The highest BCUT2D eigenvalue weighted by Crippen LogP contribution is 2.23. The Hall–Kier alpha value is -5.24. The van der Waals surface area contributed by atoms with E-state index in [1.165, 1.54) is 44.2 Å². The third-order valence-electron chi connectivity index (χ3n) is 8.11. The van der Waals surface area contributed by atoms with Gasteiger partial charge >= 0.3 is 5.97 Å². The highest BCUT2D eigenvalue weighted by atomic mass is 32.2. The standard InChI is InChI=1S/C38H44N4O8S/c1-5-42(32-15-11-8-12-16-32)37(45)29-20-28(21-31(22-29)41-51(47,48)6-2)36(44)40-34(19-26-13-9-7-10-14-26)35(43)25-39-24-27-17-30(38(46)50-4)23-33(18-27)49-3/h7-18,20-23,34-35,39,41,43H,5-6,19,24-25H2,1-4H3,(H,40,44). The summed E-state index contributed by atoms with van der Waals surface area (Å²) in [6.07, 6.45) is -0.816. The predicted octanol–water partition coefficient (Wildman–Crippen LogP) is 4.40. The lowest BCUT2D eigenvalue weighted by Crippen LogP contribution is -2.48. The van der Waals surface area contributed by atoms with Gasteiger partial charge in [0.25, 0.3) is 11.8 Å². The third-order valence-corrected chi connectivity index (χ3v) is 9.42. The van der Waals surface area contributed by atoms with E-state index in [4.69, 9.17) is 9.47 Å². The number of esters is 1. The number of methoxy groups -OCH3 is 2. The molecule has 4 N–H and O–H groups in total. The van der Waals surface area contributed by atoms with Crippen molar-refractivity contribution < 1.29 is 37.4 Å². The summed E-state index contributed by atoms with van der Waals surface area (Å²) in [6, 6.07) is 26.7. The molecule has 0 aliphatic heterocycles. The Labute approximate surface area is 298 Å². The van der Waals surface area contributed by atoms with Crippen LogP contribution >= 0.6 is 0 Å². The molecule has 0 aromatic heterocycles. The molecule has 4 aromatic rings. The van der Waals surface area contributed by atoms with Crippen LogP contribution in [-0.2, 0) is 27.7 Å². The topological polar surface area (TPSA) is 163 Å². The molecular weight excluding hydrogens is 673 g/mol. The first-order valence-corrected chi connectivity index (χ1v) is 18.1. The summed E-state index contributed by atoms with van der Waals surface area (Å²) in [5.74, 6) is -1.29. The monoisotopic (exact) mass is 716 g/mol. The summed E-state index contributed by atoms with van der Waals surface area (Å²) in [5.41, 5.74) is 2.73. The molecule has 2 unspecified atom stereocenters. The minimum Gasteiger partial charge on any atom is -0.497 e. The van der Waals surface area contributed by atoms with Gasteiger partial charge in [0, 0.05) is 36.4 Å². The van der Waals surface area contributed by atoms with Crippen LogP contribution in [0.1, 0.15) is 56.0 Å². The van der Waals surface area contributed by atoms with Crippen molar-refractivity contribution in [2.75, 3.05) is 42.7 Å². The second kappa shape index (κ2) is 18.1. The summed E-state index contributed by atoms with van der Waals surface area (Å²) < 4.78 is 37.7. The zero-order chi connectivity index (χ0) is 37.0. The largest absolute Gasteiger partial charge is 0.497 e. The van der Waals surface area contributed by atoms with Crippen molar-refractivity contribution in [1.82, 2.24) is 10.6 Å². The van der Waals surface area contributed by atoms with Gasteiger partial charge in [0.1, 0.15) is 5.75 Å². The van der Waals surface area contributed by atoms with E-state index >= 15 is 0 Å². The summed E-state index contributed by atoms with van der Waals surface area (Å²) in [5, 5.41) is 17.5. The lowest BCUT2D eigenvalue weighted by molar-refractivity contribution is 0.0599. The minimum absolute atomic E-state index is 0.0312. The number of rotatable bonds is 17. The van der Waals surface area contributed by atoms with Crippen molar-refractivity contribution >= 4 is 39.2 Å². The first kappa shape index (κ1) is 38.6. The van der Waals surface area contributed by atoms with Crippen molar-refractivity contribution in [3.63, 3.8) is 0 Å². The van der Waals surface area contributed by atoms with E-state index in [-0.39, 0.29) is 42.1 Å². The Morgan fingerprint density at radius 2 is 1.49 bits per heavy atom. The van der Waals surface area contributed by atoms with Gasteiger partial charge in [0.15, 0.2) is 0 Å². The van der Waals surface area contributed by atoms with Crippen LogP contribution in [0.2, 0.25) is 0 Å². The molecule has 12 nitrogen and oxygen atoms in total. The van der Waals surface area contributed by atoms with Gasteiger partial charge in [-0.2, -0.15) is 0 Å². The number of amides is 2. The molecule has 4 rings (SSSR count). The number of para-hydroxylation sites is 1. The lowest BCUT2D eigenvalue weighted by atomic mass is 10.00. The molecule has 2 amide bonds. The first-order chi connectivity index (χ1) is 24.5. The Kier molecular flexibility index (Phi) is 13.7. The van der Waals surface area contributed by atoms with Crippen LogP contribution in [0.3, 0.4) is 0 Å². The fraction of sp³-hybridized carbons (Fsp3) is 0.289. The molecule has 0 aliphatic carbocycles. The number of aliphatic hydroxyl groups excluding tert-OH is 1. The zero-order valence-corrected chi connectivity index (χ0v) is 29.9. The van der Waals surface area contributed by atoms with Crippen molar-refractivity contribution in [3.8, 4) is 5.75 Å². The fourth-order valence-corrected chi connectivity index (χ4v) is 6.05. The van der Waals surface area contributed by atoms with Crippen molar-refractivity contribution in [1.29, 1.82) is 0 Å².